The predicted molar refractivity (Wildman–Crippen MR) is 94.9 cm³/mol. The number of aromatic nitrogens is 1. The van der Waals surface area contributed by atoms with Crippen LogP contribution in [0.4, 0.5) is 0 Å². The summed E-state index contributed by atoms with van der Waals surface area (Å²) in [6.45, 7) is 6.40. The molecule has 1 aromatic carbocycles. The zero-order chi connectivity index (χ0) is 18.1. The largest absolute Gasteiger partial charge is 0.486 e. The van der Waals surface area contributed by atoms with Crippen molar-refractivity contribution in [3.63, 3.8) is 0 Å². The standard InChI is InChI=1S/C18H20ClN3O4/c1-12-8-14(26-20-12)11-21-2-4-22(5-3-21)18(23)13-9-15(19)17-16(10-13)24-6-7-25-17/h8-10H,2-7,11H2,1H3. The molecule has 0 atom stereocenters. The molecule has 0 aliphatic carbocycles. The van der Waals surface area contributed by atoms with Crippen LogP contribution in [0.3, 0.4) is 0 Å². The zero-order valence-corrected chi connectivity index (χ0v) is 15.3. The lowest BCUT2D eigenvalue weighted by Gasteiger charge is -2.34. The van der Waals surface area contributed by atoms with E-state index in [4.69, 9.17) is 25.6 Å². The SMILES string of the molecule is Cc1cc(CN2CCN(C(=O)c3cc(Cl)c4c(c3)OCCO4)CC2)on1. The Morgan fingerprint density at radius 2 is 1.92 bits per heavy atom. The Bertz CT molecular complexity index is 815. The lowest BCUT2D eigenvalue weighted by molar-refractivity contribution is 0.0616. The number of rotatable bonds is 3. The van der Waals surface area contributed by atoms with Crippen molar-refractivity contribution in [3.05, 3.63) is 40.2 Å². The third kappa shape index (κ3) is 3.50. The second kappa shape index (κ2) is 7.17. The number of hydrogen-bond donors (Lipinski definition) is 0. The predicted octanol–water partition coefficient (Wildman–Crippen LogP) is 2.37. The van der Waals surface area contributed by atoms with Gasteiger partial charge >= 0.3 is 0 Å². The van der Waals surface area contributed by atoms with Gasteiger partial charge in [-0.2, -0.15) is 0 Å². The number of carbonyl (C=O) groups excluding carboxylic acids is 1. The first-order valence-corrected chi connectivity index (χ1v) is 9.01. The number of halogens is 1. The van der Waals surface area contributed by atoms with Crippen LogP contribution < -0.4 is 9.47 Å². The molecule has 3 heterocycles. The van der Waals surface area contributed by atoms with Gasteiger partial charge in [-0.1, -0.05) is 16.8 Å². The number of ether oxygens (including phenoxy) is 2. The highest BCUT2D eigenvalue weighted by molar-refractivity contribution is 6.32. The Kier molecular flexibility index (Phi) is 4.74. The van der Waals surface area contributed by atoms with E-state index in [2.05, 4.69) is 10.1 Å². The highest BCUT2D eigenvalue weighted by Gasteiger charge is 2.25. The molecule has 2 aliphatic rings. The first-order valence-electron chi connectivity index (χ1n) is 8.63. The number of nitrogens with zero attached hydrogens (tertiary/aromatic N) is 3. The summed E-state index contributed by atoms with van der Waals surface area (Å²) in [5, 5.41) is 4.31. The summed E-state index contributed by atoms with van der Waals surface area (Å²) in [4.78, 5) is 16.9. The molecule has 8 heteroatoms. The molecule has 2 aromatic rings. The molecule has 26 heavy (non-hydrogen) atoms. The van der Waals surface area contributed by atoms with Crippen molar-refractivity contribution >= 4 is 17.5 Å². The Hall–Kier alpha value is -2.25. The number of carbonyl (C=O) groups is 1. The van der Waals surface area contributed by atoms with Gasteiger partial charge in [0.15, 0.2) is 17.3 Å². The highest BCUT2D eigenvalue weighted by atomic mass is 35.5. The van der Waals surface area contributed by atoms with Crippen molar-refractivity contribution in [3.8, 4) is 11.5 Å². The maximum absolute atomic E-state index is 12.8. The smallest absolute Gasteiger partial charge is 0.254 e. The number of aryl methyl sites for hydroxylation is 1. The minimum atomic E-state index is -0.0426. The van der Waals surface area contributed by atoms with E-state index >= 15 is 0 Å². The van der Waals surface area contributed by atoms with Gasteiger partial charge in [0.05, 0.1) is 17.3 Å². The van der Waals surface area contributed by atoms with Crippen LogP contribution in [-0.2, 0) is 6.54 Å². The van der Waals surface area contributed by atoms with Crippen molar-refractivity contribution in [1.29, 1.82) is 0 Å². The molecule has 1 amide bonds. The van der Waals surface area contributed by atoms with Crippen molar-refractivity contribution < 1.29 is 18.8 Å². The summed E-state index contributed by atoms with van der Waals surface area (Å²) in [5.74, 6) is 1.85. The van der Waals surface area contributed by atoms with Crippen LogP contribution in [-0.4, -0.2) is 60.3 Å². The van der Waals surface area contributed by atoms with E-state index in [-0.39, 0.29) is 5.91 Å². The van der Waals surface area contributed by atoms with Crippen LogP contribution in [0.15, 0.2) is 22.7 Å². The van der Waals surface area contributed by atoms with Gasteiger partial charge in [-0.3, -0.25) is 9.69 Å². The average molecular weight is 378 g/mol. The second-order valence-electron chi connectivity index (χ2n) is 6.49. The summed E-state index contributed by atoms with van der Waals surface area (Å²) >= 11 is 6.25. The maximum atomic E-state index is 12.8. The van der Waals surface area contributed by atoms with Crippen LogP contribution >= 0.6 is 11.6 Å². The normalized spacial score (nSPS) is 17.4. The maximum Gasteiger partial charge on any atom is 0.254 e. The fraction of sp³-hybridized carbons (Fsp3) is 0.444. The Morgan fingerprint density at radius 1 is 1.15 bits per heavy atom. The fourth-order valence-electron chi connectivity index (χ4n) is 3.24. The Morgan fingerprint density at radius 3 is 2.65 bits per heavy atom. The van der Waals surface area contributed by atoms with E-state index in [1.807, 2.05) is 17.9 Å². The van der Waals surface area contributed by atoms with Gasteiger partial charge in [0, 0.05) is 37.8 Å². The highest BCUT2D eigenvalue weighted by Crippen LogP contribution is 2.38. The first kappa shape index (κ1) is 17.2. The third-order valence-corrected chi connectivity index (χ3v) is 4.84. The third-order valence-electron chi connectivity index (χ3n) is 4.56. The molecule has 1 aromatic heterocycles. The molecule has 0 unspecified atom stereocenters. The Labute approximate surface area is 156 Å². The van der Waals surface area contributed by atoms with Gasteiger partial charge in [0.1, 0.15) is 13.2 Å². The number of fused-ring (bicyclic) bond motifs is 1. The van der Waals surface area contributed by atoms with Crippen molar-refractivity contribution in [2.75, 3.05) is 39.4 Å². The second-order valence-corrected chi connectivity index (χ2v) is 6.89. The minimum Gasteiger partial charge on any atom is -0.486 e. The molecule has 1 saturated heterocycles. The van der Waals surface area contributed by atoms with Gasteiger partial charge in [-0.05, 0) is 19.1 Å². The molecule has 2 aliphatic heterocycles. The quantitative estimate of drug-likeness (QED) is 0.818. The van der Waals surface area contributed by atoms with E-state index in [1.165, 1.54) is 0 Å². The van der Waals surface area contributed by atoms with E-state index in [0.717, 1.165) is 24.5 Å². The van der Waals surface area contributed by atoms with E-state index in [1.54, 1.807) is 12.1 Å². The summed E-state index contributed by atoms with van der Waals surface area (Å²) in [6.07, 6.45) is 0. The molecule has 0 saturated carbocycles. The molecule has 0 radical (unpaired) electrons. The van der Waals surface area contributed by atoms with Crippen LogP contribution in [0, 0.1) is 6.92 Å². The van der Waals surface area contributed by atoms with Gasteiger partial charge in [-0.25, -0.2) is 0 Å². The van der Waals surface area contributed by atoms with Gasteiger partial charge in [0.25, 0.3) is 5.91 Å². The summed E-state index contributed by atoms with van der Waals surface area (Å²) in [7, 11) is 0. The average Bonchev–Trinajstić information content (AvgIpc) is 3.06. The molecule has 7 nitrogen and oxygen atoms in total. The summed E-state index contributed by atoms with van der Waals surface area (Å²) in [5.41, 5.74) is 1.41. The molecule has 1 fully saturated rings. The van der Waals surface area contributed by atoms with E-state index in [0.29, 0.717) is 54.9 Å². The molecule has 0 bridgehead atoms. The molecule has 0 N–H and O–H groups in total. The van der Waals surface area contributed by atoms with Crippen LogP contribution in [0.25, 0.3) is 0 Å². The Balaban J connectivity index is 1.40. The fourth-order valence-corrected chi connectivity index (χ4v) is 3.50. The van der Waals surface area contributed by atoms with Crippen molar-refractivity contribution in [2.45, 2.75) is 13.5 Å². The lowest BCUT2D eigenvalue weighted by Crippen LogP contribution is -2.48. The number of piperazine rings is 1. The molecular weight excluding hydrogens is 358 g/mol. The summed E-state index contributed by atoms with van der Waals surface area (Å²) < 4.78 is 16.3. The molecule has 4 rings (SSSR count). The van der Waals surface area contributed by atoms with Crippen LogP contribution in [0.2, 0.25) is 5.02 Å². The van der Waals surface area contributed by atoms with Crippen molar-refractivity contribution in [1.82, 2.24) is 15.0 Å². The number of benzene rings is 1. The van der Waals surface area contributed by atoms with E-state index in [9.17, 15) is 4.79 Å². The zero-order valence-electron chi connectivity index (χ0n) is 14.5. The monoisotopic (exact) mass is 377 g/mol. The minimum absolute atomic E-state index is 0.0426. The van der Waals surface area contributed by atoms with Crippen LogP contribution in [0.5, 0.6) is 11.5 Å². The van der Waals surface area contributed by atoms with E-state index < -0.39 is 0 Å². The summed E-state index contributed by atoms with van der Waals surface area (Å²) in [6, 6.07) is 5.31. The molecule has 0 spiro atoms. The van der Waals surface area contributed by atoms with Crippen LogP contribution in [0.1, 0.15) is 21.8 Å². The molecule has 138 valence electrons. The van der Waals surface area contributed by atoms with Gasteiger partial charge in [-0.15, -0.1) is 0 Å². The molecular formula is C18H20ClN3O4. The van der Waals surface area contributed by atoms with Crippen molar-refractivity contribution in [2.24, 2.45) is 0 Å². The topological polar surface area (TPSA) is 68.0 Å². The number of hydrogen-bond acceptors (Lipinski definition) is 6. The van der Waals surface area contributed by atoms with Gasteiger partial charge < -0.3 is 18.9 Å². The number of amides is 1. The first-order chi connectivity index (χ1) is 12.6. The lowest BCUT2D eigenvalue weighted by atomic mass is 10.1. The van der Waals surface area contributed by atoms with Gasteiger partial charge in [0.2, 0.25) is 0 Å².